The molecule has 4 heterocycles. The molecule has 4 nitrogen and oxygen atoms in total. The lowest BCUT2D eigenvalue weighted by Gasteiger charge is -2.33. The predicted molar refractivity (Wildman–Crippen MR) is 86.5 cm³/mol. The number of fused-ring (bicyclic) bond motifs is 2. The summed E-state index contributed by atoms with van der Waals surface area (Å²) in [5.41, 5.74) is 0. The summed E-state index contributed by atoms with van der Waals surface area (Å²) in [5, 5.41) is 0. The second-order valence-electron chi connectivity index (χ2n) is 8.21. The smallest absolute Gasteiger partial charge is 0.0260 e. The normalized spacial score (nSPS) is 42.6. The van der Waals surface area contributed by atoms with E-state index in [1.807, 2.05) is 0 Å². The zero-order valence-electron chi connectivity index (χ0n) is 13.9. The number of hydrogen-bond acceptors (Lipinski definition) is 4. The Morgan fingerprint density at radius 3 is 2.05 bits per heavy atom. The standard InChI is InChI=1S/C17H32N4/c1-18-8-15-11-20(12-16(15)9-18)6-7-21-10-14-4-3-5-19(2)17(14)13-21/h14-17H,3-13H2,1-2H3. The summed E-state index contributed by atoms with van der Waals surface area (Å²) in [6, 6.07) is 0.852. The molecule has 120 valence electrons. The van der Waals surface area contributed by atoms with E-state index in [0.29, 0.717) is 0 Å². The van der Waals surface area contributed by atoms with Crippen LogP contribution in [0.25, 0.3) is 0 Å². The fourth-order valence-electron chi connectivity index (χ4n) is 5.47. The van der Waals surface area contributed by atoms with Crippen LogP contribution in [0.4, 0.5) is 0 Å². The Morgan fingerprint density at radius 1 is 0.762 bits per heavy atom. The van der Waals surface area contributed by atoms with Crippen molar-refractivity contribution in [3.63, 3.8) is 0 Å². The highest BCUT2D eigenvalue weighted by atomic mass is 15.3. The van der Waals surface area contributed by atoms with Crippen LogP contribution in [-0.2, 0) is 0 Å². The molecule has 0 aromatic heterocycles. The van der Waals surface area contributed by atoms with Crippen molar-refractivity contribution in [2.75, 3.05) is 73.0 Å². The van der Waals surface area contributed by atoms with Gasteiger partial charge in [-0.2, -0.15) is 0 Å². The third kappa shape index (κ3) is 2.88. The lowest BCUT2D eigenvalue weighted by atomic mass is 9.93. The highest BCUT2D eigenvalue weighted by Crippen LogP contribution is 2.31. The van der Waals surface area contributed by atoms with Gasteiger partial charge in [0.15, 0.2) is 0 Å². The molecular weight excluding hydrogens is 260 g/mol. The fourth-order valence-corrected chi connectivity index (χ4v) is 5.47. The Balaban J connectivity index is 1.24. The first kappa shape index (κ1) is 14.4. The molecule has 0 spiro atoms. The summed E-state index contributed by atoms with van der Waals surface area (Å²) in [6.07, 6.45) is 2.88. The lowest BCUT2D eigenvalue weighted by Crippen LogP contribution is -2.42. The van der Waals surface area contributed by atoms with Crippen molar-refractivity contribution in [1.29, 1.82) is 0 Å². The molecule has 4 aliphatic rings. The van der Waals surface area contributed by atoms with E-state index >= 15 is 0 Å². The van der Waals surface area contributed by atoms with E-state index < -0.39 is 0 Å². The Hall–Kier alpha value is -0.160. The summed E-state index contributed by atoms with van der Waals surface area (Å²) in [7, 11) is 4.61. The van der Waals surface area contributed by atoms with Gasteiger partial charge >= 0.3 is 0 Å². The average molecular weight is 292 g/mol. The minimum Gasteiger partial charge on any atom is -0.306 e. The Labute approximate surface area is 130 Å². The summed E-state index contributed by atoms with van der Waals surface area (Å²) < 4.78 is 0. The lowest BCUT2D eigenvalue weighted by molar-refractivity contribution is 0.156. The van der Waals surface area contributed by atoms with Crippen molar-refractivity contribution in [3.05, 3.63) is 0 Å². The third-order valence-corrected chi connectivity index (χ3v) is 6.61. The van der Waals surface area contributed by atoms with Gasteiger partial charge in [0.1, 0.15) is 0 Å². The van der Waals surface area contributed by atoms with Crippen molar-refractivity contribution < 1.29 is 0 Å². The number of piperidine rings is 1. The maximum Gasteiger partial charge on any atom is 0.0260 e. The van der Waals surface area contributed by atoms with Crippen LogP contribution in [-0.4, -0.2) is 98.6 Å². The van der Waals surface area contributed by atoms with E-state index in [-0.39, 0.29) is 0 Å². The van der Waals surface area contributed by atoms with Gasteiger partial charge < -0.3 is 19.6 Å². The van der Waals surface area contributed by atoms with Crippen molar-refractivity contribution in [3.8, 4) is 0 Å². The summed E-state index contributed by atoms with van der Waals surface area (Å²) >= 11 is 0. The molecular formula is C17H32N4. The van der Waals surface area contributed by atoms with Crippen molar-refractivity contribution in [2.24, 2.45) is 17.8 Å². The number of nitrogens with zero attached hydrogens (tertiary/aromatic N) is 4. The van der Waals surface area contributed by atoms with E-state index in [0.717, 1.165) is 23.8 Å². The molecule has 4 fully saturated rings. The molecule has 0 amide bonds. The van der Waals surface area contributed by atoms with Gasteiger partial charge in [0, 0.05) is 58.4 Å². The Bertz CT molecular complexity index is 360. The first-order valence-corrected chi connectivity index (χ1v) is 9.02. The molecule has 0 bridgehead atoms. The van der Waals surface area contributed by atoms with Crippen LogP contribution < -0.4 is 0 Å². The average Bonchev–Trinajstić information content (AvgIpc) is 3.08. The largest absolute Gasteiger partial charge is 0.306 e. The van der Waals surface area contributed by atoms with E-state index in [4.69, 9.17) is 0 Å². The van der Waals surface area contributed by atoms with Gasteiger partial charge in [0.25, 0.3) is 0 Å². The zero-order valence-corrected chi connectivity index (χ0v) is 13.9. The molecule has 4 saturated heterocycles. The Morgan fingerprint density at radius 2 is 1.38 bits per heavy atom. The molecule has 4 rings (SSSR count). The molecule has 4 heteroatoms. The molecule has 4 atom stereocenters. The molecule has 0 aromatic carbocycles. The van der Waals surface area contributed by atoms with Crippen LogP contribution >= 0.6 is 0 Å². The minimum absolute atomic E-state index is 0.852. The second-order valence-corrected chi connectivity index (χ2v) is 8.21. The monoisotopic (exact) mass is 292 g/mol. The van der Waals surface area contributed by atoms with Crippen molar-refractivity contribution in [2.45, 2.75) is 18.9 Å². The molecule has 21 heavy (non-hydrogen) atoms. The van der Waals surface area contributed by atoms with Gasteiger partial charge in [-0.3, -0.25) is 0 Å². The van der Waals surface area contributed by atoms with Gasteiger partial charge in [0.2, 0.25) is 0 Å². The van der Waals surface area contributed by atoms with Crippen LogP contribution in [0.1, 0.15) is 12.8 Å². The SMILES string of the molecule is CN1CC2CN(CCN3CC4CCCN(C)C4C3)CC2C1. The van der Waals surface area contributed by atoms with Crippen molar-refractivity contribution >= 4 is 0 Å². The summed E-state index contributed by atoms with van der Waals surface area (Å²) in [6.45, 7) is 12.0. The van der Waals surface area contributed by atoms with Gasteiger partial charge in [-0.1, -0.05) is 0 Å². The number of likely N-dealkylation sites (N-methyl/N-ethyl adjacent to an activating group) is 1. The zero-order chi connectivity index (χ0) is 14.4. The summed E-state index contributed by atoms with van der Waals surface area (Å²) in [4.78, 5) is 10.6. The quantitative estimate of drug-likeness (QED) is 0.751. The fraction of sp³-hybridized carbons (Fsp3) is 1.00. The second kappa shape index (κ2) is 5.80. The number of hydrogen-bond donors (Lipinski definition) is 0. The highest BCUT2D eigenvalue weighted by Gasteiger charge is 2.40. The topological polar surface area (TPSA) is 13.0 Å². The van der Waals surface area contributed by atoms with Gasteiger partial charge in [-0.15, -0.1) is 0 Å². The van der Waals surface area contributed by atoms with Gasteiger partial charge in [-0.05, 0) is 51.2 Å². The number of likely N-dealkylation sites (tertiary alicyclic amines) is 4. The molecule has 0 saturated carbocycles. The van der Waals surface area contributed by atoms with Crippen LogP contribution in [0.3, 0.4) is 0 Å². The maximum absolute atomic E-state index is 2.75. The predicted octanol–water partition coefficient (Wildman–Crippen LogP) is 0.506. The van der Waals surface area contributed by atoms with E-state index in [2.05, 4.69) is 33.7 Å². The first-order valence-electron chi connectivity index (χ1n) is 9.02. The van der Waals surface area contributed by atoms with Crippen LogP contribution in [0.5, 0.6) is 0 Å². The molecule has 0 aromatic rings. The van der Waals surface area contributed by atoms with E-state index in [9.17, 15) is 0 Å². The third-order valence-electron chi connectivity index (χ3n) is 6.61. The molecule has 0 N–H and O–H groups in total. The van der Waals surface area contributed by atoms with Gasteiger partial charge in [-0.25, -0.2) is 0 Å². The van der Waals surface area contributed by atoms with Crippen LogP contribution in [0, 0.1) is 17.8 Å². The maximum atomic E-state index is 2.75. The van der Waals surface area contributed by atoms with Crippen LogP contribution in [0.15, 0.2) is 0 Å². The van der Waals surface area contributed by atoms with Crippen LogP contribution in [0.2, 0.25) is 0 Å². The molecule has 0 aliphatic carbocycles. The molecule has 4 unspecified atom stereocenters. The summed E-state index contributed by atoms with van der Waals surface area (Å²) in [5.74, 6) is 2.87. The minimum atomic E-state index is 0.852. The van der Waals surface area contributed by atoms with E-state index in [1.165, 1.54) is 71.7 Å². The molecule has 0 radical (unpaired) electrons. The number of rotatable bonds is 3. The highest BCUT2D eigenvalue weighted by molar-refractivity contribution is 4.94. The first-order chi connectivity index (χ1) is 10.2. The molecule has 4 aliphatic heterocycles. The Kier molecular flexibility index (Phi) is 3.99. The van der Waals surface area contributed by atoms with Gasteiger partial charge in [0.05, 0.1) is 0 Å². The van der Waals surface area contributed by atoms with Crippen molar-refractivity contribution in [1.82, 2.24) is 19.6 Å². The van der Waals surface area contributed by atoms with E-state index in [1.54, 1.807) is 0 Å².